The zero-order chi connectivity index (χ0) is 17.8. The van der Waals surface area contributed by atoms with Crippen molar-refractivity contribution < 1.29 is 4.79 Å². The Labute approximate surface area is 155 Å². The number of nitrogens with zero attached hydrogens (tertiary/aromatic N) is 3. The van der Waals surface area contributed by atoms with Gasteiger partial charge < -0.3 is 5.32 Å². The highest BCUT2D eigenvalue weighted by Crippen LogP contribution is 2.24. The number of amides is 1. The van der Waals surface area contributed by atoms with Crippen LogP contribution in [0.2, 0.25) is 5.02 Å². The molecule has 0 saturated heterocycles. The van der Waals surface area contributed by atoms with Gasteiger partial charge in [0.1, 0.15) is 6.33 Å². The highest BCUT2D eigenvalue weighted by molar-refractivity contribution is 7.99. The summed E-state index contributed by atoms with van der Waals surface area (Å²) in [4.78, 5) is 12.2. The van der Waals surface area contributed by atoms with Crippen molar-refractivity contribution in [1.82, 2.24) is 14.8 Å². The molecule has 0 saturated carbocycles. The minimum Gasteiger partial charge on any atom is -0.325 e. The molecule has 0 unspecified atom stereocenters. The molecule has 1 N–H and O–H groups in total. The summed E-state index contributed by atoms with van der Waals surface area (Å²) in [5.41, 5.74) is 3.72. The zero-order valence-electron chi connectivity index (χ0n) is 13.9. The topological polar surface area (TPSA) is 59.8 Å². The molecule has 3 aromatic rings. The molecule has 1 aromatic heterocycles. The van der Waals surface area contributed by atoms with E-state index in [0.717, 1.165) is 16.9 Å². The van der Waals surface area contributed by atoms with E-state index >= 15 is 0 Å². The van der Waals surface area contributed by atoms with Gasteiger partial charge in [0, 0.05) is 16.4 Å². The van der Waals surface area contributed by atoms with Gasteiger partial charge in [-0.15, -0.1) is 10.2 Å². The molecule has 2 aromatic carbocycles. The number of aryl methyl sites for hydroxylation is 1. The molecular formula is C18H17ClN4OS. The first kappa shape index (κ1) is 17.5. The average Bonchev–Trinajstić information content (AvgIpc) is 3.06. The maximum absolute atomic E-state index is 12.2. The Hall–Kier alpha value is -2.31. The molecule has 1 heterocycles. The van der Waals surface area contributed by atoms with Gasteiger partial charge in [0.2, 0.25) is 5.91 Å². The van der Waals surface area contributed by atoms with Gasteiger partial charge in [-0.25, -0.2) is 0 Å². The second kappa shape index (κ2) is 7.72. The maximum Gasteiger partial charge on any atom is 0.234 e. The van der Waals surface area contributed by atoms with Crippen molar-refractivity contribution in [3.8, 4) is 5.69 Å². The van der Waals surface area contributed by atoms with Crippen molar-refractivity contribution in [3.05, 3.63) is 64.9 Å². The normalized spacial score (nSPS) is 10.7. The highest BCUT2D eigenvalue weighted by atomic mass is 35.5. The van der Waals surface area contributed by atoms with Crippen LogP contribution in [0, 0.1) is 13.8 Å². The zero-order valence-corrected chi connectivity index (χ0v) is 15.4. The van der Waals surface area contributed by atoms with E-state index in [1.165, 1.54) is 17.3 Å². The number of rotatable bonds is 5. The van der Waals surface area contributed by atoms with E-state index in [4.69, 9.17) is 11.6 Å². The van der Waals surface area contributed by atoms with E-state index in [0.29, 0.717) is 10.2 Å². The van der Waals surface area contributed by atoms with E-state index in [1.807, 2.05) is 54.8 Å². The molecule has 128 valence electrons. The number of carbonyl (C=O) groups excluding carboxylic acids is 1. The fourth-order valence-corrected chi connectivity index (χ4v) is 3.17. The SMILES string of the molecule is Cc1ccc(-n2cnnc2SCC(=O)Nc2cccc(Cl)c2C)cc1. The van der Waals surface area contributed by atoms with Crippen LogP contribution in [0.3, 0.4) is 0 Å². The average molecular weight is 373 g/mol. The van der Waals surface area contributed by atoms with Crippen LogP contribution >= 0.6 is 23.4 Å². The number of nitrogens with one attached hydrogen (secondary N) is 1. The molecule has 25 heavy (non-hydrogen) atoms. The van der Waals surface area contributed by atoms with Gasteiger partial charge in [-0.05, 0) is 43.7 Å². The largest absolute Gasteiger partial charge is 0.325 e. The summed E-state index contributed by atoms with van der Waals surface area (Å²) >= 11 is 7.41. The molecule has 3 rings (SSSR count). The predicted molar refractivity (Wildman–Crippen MR) is 102 cm³/mol. The number of aromatic nitrogens is 3. The van der Waals surface area contributed by atoms with E-state index in [1.54, 1.807) is 12.4 Å². The molecule has 0 radical (unpaired) electrons. The van der Waals surface area contributed by atoms with Gasteiger partial charge in [-0.1, -0.05) is 47.1 Å². The van der Waals surface area contributed by atoms with E-state index < -0.39 is 0 Å². The van der Waals surface area contributed by atoms with Crippen LogP contribution in [0.25, 0.3) is 5.69 Å². The Kier molecular flexibility index (Phi) is 5.40. The standard InChI is InChI=1S/C18H17ClN4OS/c1-12-6-8-14(9-7-12)23-11-20-22-18(23)25-10-17(24)21-16-5-3-4-15(19)13(16)2/h3-9,11H,10H2,1-2H3,(H,21,24). The fraction of sp³-hybridized carbons (Fsp3) is 0.167. The molecule has 7 heteroatoms. The third kappa shape index (κ3) is 4.21. The lowest BCUT2D eigenvalue weighted by atomic mass is 10.2. The molecular weight excluding hydrogens is 356 g/mol. The molecule has 0 aliphatic carbocycles. The van der Waals surface area contributed by atoms with Crippen LogP contribution in [0.5, 0.6) is 0 Å². The maximum atomic E-state index is 12.2. The molecule has 0 aliphatic rings. The molecule has 0 spiro atoms. The summed E-state index contributed by atoms with van der Waals surface area (Å²) in [7, 11) is 0. The van der Waals surface area contributed by atoms with Crippen molar-refractivity contribution >= 4 is 35.0 Å². The molecule has 1 amide bonds. The number of carbonyl (C=O) groups is 1. The van der Waals surface area contributed by atoms with Gasteiger partial charge in [0.05, 0.1) is 5.75 Å². The Morgan fingerprint density at radius 3 is 2.72 bits per heavy atom. The number of anilines is 1. The van der Waals surface area contributed by atoms with E-state index in [2.05, 4.69) is 15.5 Å². The van der Waals surface area contributed by atoms with Gasteiger partial charge >= 0.3 is 0 Å². The highest BCUT2D eigenvalue weighted by Gasteiger charge is 2.11. The summed E-state index contributed by atoms with van der Waals surface area (Å²) in [6.45, 7) is 3.91. The van der Waals surface area contributed by atoms with Gasteiger partial charge in [-0.2, -0.15) is 0 Å². The molecule has 0 atom stereocenters. The molecule has 0 bridgehead atoms. The van der Waals surface area contributed by atoms with Crippen molar-refractivity contribution in [2.24, 2.45) is 0 Å². The first-order valence-corrected chi connectivity index (χ1v) is 9.06. The van der Waals surface area contributed by atoms with Gasteiger partial charge in [0.25, 0.3) is 0 Å². The first-order chi connectivity index (χ1) is 12.0. The van der Waals surface area contributed by atoms with E-state index in [9.17, 15) is 4.79 Å². The summed E-state index contributed by atoms with van der Waals surface area (Å²) in [6, 6.07) is 13.5. The molecule has 5 nitrogen and oxygen atoms in total. The van der Waals surface area contributed by atoms with Crippen molar-refractivity contribution in [3.63, 3.8) is 0 Å². The Balaban J connectivity index is 1.66. The lowest BCUT2D eigenvalue weighted by molar-refractivity contribution is -0.113. The van der Waals surface area contributed by atoms with Crippen LogP contribution in [-0.4, -0.2) is 26.4 Å². The van der Waals surface area contributed by atoms with Crippen LogP contribution in [0.4, 0.5) is 5.69 Å². The Bertz CT molecular complexity index is 892. The Morgan fingerprint density at radius 2 is 1.96 bits per heavy atom. The second-order valence-corrected chi connectivity index (χ2v) is 6.92. The van der Waals surface area contributed by atoms with Crippen LogP contribution < -0.4 is 5.32 Å². The predicted octanol–water partition coefficient (Wildman–Crippen LogP) is 4.27. The number of halogens is 1. The lowest BCUT2D eigenvalue weighted by Crippen LogP contribution is -2.15. The molecule has 0 aliphatic heterocycles. The second-order valence-electron chi connectivity index (χ2n) is 5.57. The number of hydrogen-bond acceptors (Lipinski definition) is 4. The van der Waals surface area contributed by atoms with Crippen molar-refractivity contribution in [2.45, 2.75) is 19.0 Å². The lowest BCUT2D eigenvalue weighted by Gasteiger charge is -2.10. The number of benzene rings is 2. The van der Waals surface area contributed by atoms with Crippen molar-refractivity contribution in [2.75, 3.05) is 11.1 Å². The minimum absolute atomic E-state index is 0.117. The third-order valence-electron chi connectivity index (χ3n) is 3.70. The van der Waals surface area contributed by atoms with Gasteiger partial charge in [-0.3, -0.25) is 9.36 Å². The van der Waals surface area contributed by atoms with Crippen LogP contribution in [0.1, 0.15) is 11.1 Å². The Morgan fingerprint density at radius 1 is 1.20 bits per heavy atom. The number of hydrogen-bond donors (Lipinski definition) is 1. The van der Waals surface area contributed by atoms with Crippen molar-refractivity contribution in [1.29, 1.82) is 0 Å². The summed E-state index contributed by atoms with van der Waals surface area (Å²) in [5, 5.41) is 12.2. The minimum atomic E-state index is -0.117. The monoisotopic (exact) mass is 372 g/mol. The van der Waals surface area contributed by atoms with E-state index in [-0.39, 0.29) is 11.7 Å². The summed E-state index contributed by atoms with van der Waals surface area (Å²) < 4.78 is 1.86. The van der Waals surface area contributed by atoms with Crippen LogP contribution in [-0.2, 0) is 4.79 Å². The summed E-state index contributed by atoms with van der Waals surface area (Å²) in [6.07, 6.45) is 1.64. The fourth-order valence-electron chi connectivity index (χ4n) is 2.26. The quantitative estimate of drug-likeness (QED) is 0.679. The third-order valence-corrected chi connectivity index (χ3v) is 5.06. The summed E-state index contributed by atoms with van der Waals surface area (Å²) in [5.74, 6) is 0.116. The molecule has 0 fully saturated rings. The smallest absolute Gasteiger partial charge is 0.234 e. The first-order valence-electron chi connectivity index (χ1n) is 7.69. The van der Waals surface area contributed by atoms with Gasteiger partial charge in [0.15, 0.2) is 5.16 Å². The number of thioether (sulfide) groups is 1. The van der Waals surface area contributed by atoms with Crippen LogP contribution in [0.15, 0.2) is 53.9 Å².